The molecular formula is C11H20O2. The number of hydrogen-bond donors (Lipinski definition) is 1. The number of aliphatic carboxylic acids is 1. The van der Waals surface area contributed by atoms with Gasteiger partial charge in [0.15, 0.2) is 0 Å². The lowest BCUT2D eigenvalue weighted by molar-refractivity contribution is -0.138. The smallest absolute Gasteiger partial charge is 0.303 e. The minimum absolute atomic E-state index is 0.340. The van der Waals surface area contributed by atoms with Crippen LogP contribution in [0.3, 0.4) is 0 Å². The molecule has 2 nitrogen and oxygen atoms in total. The van der Waals surface area contributed by atoms with Gasteiger partial charge >= 0.3 is 5.97 Å². The summed E-state index contributed by atoms with van der Waals surface area (Å²) in [6, 6.07) is 0. The van der Waals surface area contributed by atoms with Crippen molar-refractivity contribution >= 4 is 5.97 Å². The normalized spacial score (nSPS) is 20.4. The number of rotatable bonds is 5. The fourth-order valence-corrected chi connectivity index (χ4v) is 2.22. The third kappa shape index (κ3) is 4.30. The van der Waals surface area contributed by atoms with E-state index in [1.54, 1.807) is 0 Å². The molecule has 1 aliphatic carbocycles. The zero-order valence-corrected chi connectivity index (χ0v) is 8.46. The minimum Gasteiger partial charge on any atom is -0.481 e. The predicted octanol–water partition coefficient (Wildman–Crippen LogP) is 3.07. The van der Waals surface area contributed by atoms with E-state index in [0.29, 0.717) is 12.3 Å². The SMILES string of the molecule is CC(CCC1CCCC1)CC(=O)O. The van der Waals surface area contributed by atoms with Gasteiger partial charge in [0.1, 0.15) is 0 Å². The molecule has 1 atom stereocenters. The predicted molar refractivity (Wildman–Crippen MR) is 52.6 cm³/mol. The highest BCUT2D eigenvalue weighted by atomic mass is 16.4. The van der Waals surface area contributed by atoms with Gasteiger partial charge in [-0.05, 0) is 18.3 Å². The number of hydrogen-bond acceptors (Lipinski definition) is 1. The fourth-order valence-electron chi connectivity index (χ4n) is 2.22. The van der Waals surface area contributed by atoms with Crippen LogP contribution in [0.2, 0.25) is 0 Å². The van der Waals surface area contributed by atoms with Gasteiger partial charge in [-0.3, -0.25) is 4.79 Å². The Bertz CT molecular complexity index is 159. The third-order valence-electron chi connectivity index (χ3n) is 3.07. The highest BCUT2D eigenvalue weighted by Gasteiger charge is 2.16. The van der Waals surface area contributed by atoms with Crippen molar-refractivity contribution < 1.29 is 9.90 Å². The second-order valence-electron chi connectivity index (χ2n) is 4.43. The van der Waals surface area contributed by atoms with Gasteiger partial charge in [0.2, 0.25) is 0 Å². The molecule has 0 spiro atoms. The second kappa shape index (κ2) is 5.25. The van der Waals surface area contributed by atoms with Crippen LogP contribution in [0.15, 0.2) is 0 Å². The van der Waals surface area contributed by atoms with Crippen molar-refractivity contribution in [2.75, 3.05) is 0 Å². The van der Waals surface area contributed by atoms with Gasteiger partial charge in [-0.25, -0.2) is 0 Å². The van der Waals surface area contributed by atoms with Gasteiger partial charge in [-0.1, -0.05) is 39.0 Å². The van der Waals surface area contributed by atoms with E-state index in [1.807, 2.05) is 6.92 Å². The van der Waals surface area contributed by atoms with E-state index in [-0.39, 0.29) is 0 Å². The summed E-state index contributed by atoms with van der Waals surface area (Å²) >= 11 is 0. The summed E-state index contributed by atoms with van der Waals surface area (Å²) in [5.74, 6) is 0.605. The molecule has 0 aromatic rings. The Morgan fingerprint density at radius 2 is 2.08 bits per heavy atom. The molecule has 0 saturated heterocycles. The van der Waals surface area contributed by atoms with E-state index in [1.165, 1.54) is 32.1 Å². The van der Waals surface area contributed by atoms with Crippen molar-refractivity contribution in [3.05, 3.63) is 0 Å². The quantitative estimate of drug-likeness (QED) is 0.713. The number of carboxylic acids is 1. The van der Waals surface area contributed by atoms with E-state index in [2.05, 4.69) is 0 Å². The molecule has 1 fully saturated rings. The van der Waals surface area contributed by atoms with Crippen LogP contribution < -0.4 is 0 Å². The molecule has 1 rings (SSSR count). The highest BCUT2D eigenvalue weighted by Crippen LogP contribution is 2.30. The summed E-state index contributed by atoms with van der Waals surface area (Å²) in [6.07, 6.45) is 8.20. The van der Waals surface area contributed by atoms with Gasteiger partial charge in [0.05, 0.1) is 0 Å². The zero-order valence-electron chi connectivity index (χ0n) is 8.46. The first-order valence-corrected chi connectivity index (χ1v) is 5.40. The molecule has 0 aromatic heterocycles. The molecule has 1 saturated carbocycles. The first kappa shape index (κ1) is 10.6. The Balaban J connectivity index is 2.06. The molecular weight excluding hydrogens is 164 g/mol. The lowest BCUT2D eigenvalue weighted by Crippen LogP contribution is -2.06. The lowest BCUT2D eigenvalue weighted by Gasteiger charge is -2.12. The third-order valence-corrected chi connectivity index (χ3v) is 3.07. The summed E-state index contributed by atoms with van der Waals surface area (Å²) in [6.45, 7) is 2.04. The number of carboxylic acid groups (broad SMARTS) is 1. The maximum Gasteiger partial charge on any atom is 0.303 e. The molecule has 0 radical (unpaired) electrons. The van der Waals surface area contributed by atoms with Crippen LogP contribution in [0.25, 0.3) is 0 Å². The van der Waals surface area contributed by atoms with Crippen molar-refractivity contribution in [3.8, 4) is 0 Å². The summed E-state index contributed by atoms with van der Waals surface area (Å²) in [5.41, 5.74) is 0. The topological polar surface area (TPSA) is 37.3 Å². The first-order chi connectivity index (χ1) is 6.18. The fraction of sp³-hybridized carbons (Fsp3) is 0.909. The average molecular weight is 184 g/mol. The number of carbonyl (C=O) groups is 1. The van der Waals surface area contributed by atoms with Crippen molar-refractivity contribution in [1.29, 1.82) is 0 Å². The molecule has 1 unspecified atom stereocenters. The summed E-state index contributed by atoms with van der Waals surface area (Å²) in [7, 11) is 0. The maximum atomic E-state index is 10.4. The molecule has 0 aromatic carbocycles. The molecule has 1 N–H and O–H groups in total. The Hall–Kier alpha value is -0.530. The van der Waals surface area contributed by atoms with E-state index in [9.17, 15) is 4.79 Å². The lowest BCUT2D eigenvalue weighted by atomic mass is 9.94. The summed E-state index contributed by atoms with van der Waals surface area (Å²) in [4.78, 5) is 10.4. The largest absolute Gasteiger partial charge is 0.481 e. The van der Waals surface area contributed by atoms with Crippen LogP contribution in [0, 0.1) is 11.8 Å². The maximum absolute atomic E-state index is 10.4. The summed E-state index contributed by atoms with van der Waals surface area (Å²) in [5, 5.41) is 8.58. The molecule has 2 heteroatoms. The van der Waals surface area contributed by atoms with Crippen molar-refractivity contribution in [2.45, 2.75) is 51.9 Å². The Morgan fingerprint density at radius 3 is 2.62 bits per heavy atom. The van der Waals surface area contributed by atoms with Crippen molar-refractivity contribution in [3.63, 3.8) is 0 Å². The van der Waals surface area contributed by atoms with Crippen LogP contribution >= 0.6 is 0 Å². The molecule has 0 amide bonds. The molecule has 1 aliphatic rings. The molecule has 13 heavy (non-hydrogen) atoms. The average Bonchev–Trinajstić information content (AvgIpc) is 2.51. The molecule has 76 valence electrons. The molecule has 0 aliphatic heterocycles. The van der Waals surface area contributed by atoms with Crippen LogP contribution in [-0.4, -0.2) is 11.1 Å². The van der Waals surface area contributed by atoms with Gasteiger partial charge < -0.3 is 5.11 Å². The Labute approximate surface area is 80.3 Å². The van der Waals surface area contributed by atoms with Gasteiger partial charge in [-0.15, -0.1) is 0 Å². The van der Waals surface area contributed by atoms with E-state index < -0.39 is 5.97 Å². The monoisotopic (exact) mass is 184 g/mol. The van der Waals surface area contributed by atoms with Crippen LogP contribution in [-0.2, 0) is 4.79 Å². The van der Waals surface area contributed by atoms with E-state index in [0.717, 1.165) is 12.3 Å². The second-order valence-corrected chi connectivity index (χ2v) is 4.43. The van der Waals surface area contributed by atoms with Crippen LogP contribution in [0.5, 0.6) is 0 Å². The molecule has 0 heterocycles. The van der Waals surface area contributed by atoms with Crippen molar-refractivity contribution in [1.82, 2.24) is 0 Å². The Kier molecular flexibility index (Phi) is 4.26. The standard InChI is InChI=1S/C11H20O2/c1-9(8-11(12)13)6-7-10-4-2-3-5-10/h9-10H,2-8H2,1H3,(H,12,13). The van der Waals surface area contributed by atoms with Crippen LogP contribution in [0.1, 0.15) is 51.9 Å². The first-order valence-electron chi connectivity index (χ1n) is 5.40. The van der Waals surface area contributed by atoms with Gasteiger partial charge in [0, 0.05) is 6.42 Å². The Morgan fingerprint density at radius 1 is 1.46 bits per heavy atom. The van der Waals surface area contributed by atoms with E-state index in [4.69, 9.17) is 5.11 Å². The van der Waals surface area contributed by atoms with Crippen molar-refractivity contribution in [2.24, 2.45) is 11.8 Å². The van der Waals surface area contributed by atoms with Gasteiger partial charge in [-0.2, -0.15) is 0 Å². The summed E-state index contributed by atoms with van der Waals surface area (Å²) < 4.78 is 0. The minimum atomic E-state index is -0.654. The van der Waals surface area contributed by atoms with Crippen LogP contribution in [0.4, 0.5) is 0 Å². The highest BCUT2D eigenvalue weighted by molar-refractivity contribution is 5.66. The molecule has 0 bridgehead atoms. The van der Waals surface area contributed by atoms with E-state index >= 15 is 0 Å². The van der Waals surface area contributed by atoms with Gasteiger partial charge in [0.25, 0.3) is 0 Å². The zero-order chi connectivity index (χ0) is 9.68.